The third-order valence-corrected chi connectivity index (χ3v) is 4.34. The van der Waals surface area contributed by atoms with Crippen LogP contribution in [0.1, 0.15) is 21.5 Å². The Labute approximate surface area is 140 Å². The van der Waals surface area contributed by atoms with Crippen LogP contribution in [-0.2, 0) is 12.6 Å². The van der Waals surface area contributed by atoms with Gasteiger partial charge in [-0.05, 0) is 36.2 Å². The second kappa shape index (κ2) is 6.60. The molecule has 0 aliphatic rings. The van der Waals surface area contributed by atoms with Gasteiger partial charge in [-0.1, -0.05) is 18.2 Å². The molecule has 0 radical (unpaired) electrons. The van der Waals surface area contributed by atoms with Gasteiger partial charge < -0.3 is 5.32 Å². The largest absolute Gasteiger partial charge is 0.416 e. The third-order valence-electron chi connectivity index (χ3n) is 3.55. The molecule has 0 bridgehead atoms. The smallest absolute Gasteiger partial charge is 0.352 e. The summed E-state index contributed by atoms with van der Waals surface area (Å²) in [6.07, 6.45) is -4.03. The van der Waals surface area contributed by atoms with Gasteiger partial charge in [0.05, 0.1) is 21.3 Å². The summed E-state index contributed by atoms with van der Waals surface area (Å²) in [6.45, 7) is 0.265. The third kappa shape index (κ3) is 3.73. The number of aromatic nitrogens is 1. The van der Waals surface area contributed by atoms with Crippen LogP contribution in [-0.4, -0.2) is 17.4 Å². The molecule has 3 nitrogen and oxygen atoms in total. The highest BCUT2D eigenvalue weighted by Gasteiger charge is 2.30. The van der Waals surface area contributed by atoms with Crippen molar-refractivity contribution in [3.05, 3.63) is 64.7 Å². The van der Waals surface area contributed by atoms with Gasteiger partial charge in [0.15, 0.2) is 0 Å². The first-order valence-electron chi connectivity index (χ1n) is 7.21. The first-order chi connectivity index (χ1) is 11.4. The van der Waals surface area contributed by atoms with Crippen molar-refractivity contribution in [3.8, 4) is 0 Å². The van der Waals surface area contributed by atoms with Gasteiger partial charge >= 0.3 is 6.18 Å². The first-order valence-corrected chi connectivity index (χ1v) is 8.09. The zero-order chi connectivity index (χ0) is 17.2. The van der Waals surface area contributed by atoms with Crippen LogP contribution >= 0.6 is 11.3 Å². The van der Waals surface area contributed by atoms with Crippen molar-refractivity contribution in [1.29, 1.82) is 0 Å². The van der Waals surface area contributed by atoms with Gasteiger partial charge in [0.25, 0.3) is 5.91 Å². The number of benzene rings is 2. The fourth-order valence-corrected chi connectivity index (χ4v) is 3.04. The van der Waals surface area contributed by atoms with Crippen LogP contribution in [0.2, 0.25) is 0 Å². The molecule has 3 rings (SSSR count). The van der Waals surface area contributed by atoms with E-state index in [1.165, 1.54) is 17.4 Å². The fourth-order valence-electron chi connectivity index (χ4n) is 2.32. The number of alkyl halides is 3. The van der Waals surface area contributed by atoms with Crippen LogP contribution in [0.15, 0.2) is 48.0 Å². The number of fused-ring (bicyclic) bond motifs is 1. The zero-order valence-corrected chi connectivity index (χ0v) is 13.2. The van der Waals surface area contributed by atoms with Crippen molar-refractivity contribution in [2.45, 2.75) is 12.6 Å². The van der Waals surface area contributed by atoms with Crippen LogP contribution in [0.25, 0.3) is 10.2 Å². The van der Waals surface area contributed by atoms with E-state index in [2.05, 4.69) is 10.3 Å². The Bertz CT molecular complexity index is 873. The van der Waals surface area contributed by atoms with Crippen molar-refractivity contribution < 1.29 is 18.0 Å². The Morgan fingerprint density at radius 3 is 2.79 bits per heavy atom. The van der Waals surface area contributed by atoms with Gasteiger partial charge in [0.1, 0.15) is 0 Å². The number of nitrogens with one attached hydrogen (secondary N) is 1. The van der Waals surface area contributed by atoms with Crippen LogP contribution < -0.4 is 5.32 Å². The molecule has 1 heterocycles. The van der Waals surface area contributed by atoms with E-state index in [1.54, 1.807) is 29.8 Å². The Kier molecular flexibility index (Phi) is 4.53. The number of halogens is 3. The molecule has 0 fully saturated rings. The molecule has 0 atom stereocenters. The monoisotopic (exact) mass is 350 g/mol. The van der Waals surface area contributed by atoms with Gasteiger partial charge in [0, 0.05) is 12.1 Å². The Morgan fingerprint density at radius 2 is 2.00 bits per heavy atom. The molecular formula is C17H13F3N2OS. The van der Waals surface area contributed by atoms with Gasteiger partial charge in [0.2, 0.25) is 0 Å². The molecular weight excluding hydrogens is 337 g/mol. The van der Waals surface area contributed by atoms with Crippen molar-refractivity contribution in [3.63, 3.8) is 0 Å². The molecule has 24 heavy (non-hydrogen) atoms. The molecule has 3 aromatic rings. The van der Waals surface area contributed by atoms with Gasteiger partial charge in [-0.3, -0.25) is 4.79 Å². The van der Waals surface area contributed by atoms with Crippen molar-refractivity contribution in [2.24, 2.45) is 0 Å². The highest BCUT2D eigenvalue weighted by Crippen LogP contribution is 2.29. The maximum atomic E-state index is 12.7. The predicted molar refractivity (Wildman–Crippen MR) is 87.1 cm³/mol. The van der Waals surface area contributed by atoms with E-state index < -0.39 is 11.7 Å². The number of thiazole rings is 1. The summed E-state index contributed by atoms with van der Waals surface area (Å²) in [4.78, 5) is 16.3. The minimum Gasteiger partial charge on any atom is -0.352 e. The van der Waals surface area contributed by atoms with Crippen LogP contribution in [0.4, 0.5) is 13.2 Å². The number of carbonyl (C=O) groups is 1. The van der Waals surface area contributed by atoms with E-state index >= 15 is 0 Å². The topological polar surface area (TPSA) is 42.0 Å². The molecule has 0 unspecified atom stereocenters. The summed E-state index contributed by atoms with van der Waals surface area (Å²) in [7, 11) is 0. The molecule has 1 N–H and O–H groups in total. The van der Waals surface area contributed by atoms with Gasteiger partial charge in [-0.25, -0.2) is 4.98 Å². The van der Waals surface area contributed by atoms with Crippen molar-refractivity contribution in [1.82, 2.24) is 10.3 Å². The number of nitrogens with zero attached hydrogens (tertiary/aromatic N) is 1. The molecule has 0 saturated heterocycles. The van der Waals surface area contributed by atoms with Crippen LogP contribution in [0.5, 0.6) is 0 Å². The summed E-state index contributed by atoms with van der Waals surface area (Å²) in [5, 5.41) is 2.73. The number of hydrogen-bond acceptors (Lipinski definition) is 3. The van der Waals surface area contributed by atoms with Gasteiger partial charge in [-0.2, -0.15) is 13.2 Å². The number of amides is 1. The fraction of sp³-hybridized carbons (Fsp3) is 0.176. The second-order valence-corrected chi connectivity index (χ2v) is 6.13. The van der Waals surface area contributed by atoms with E-state index in [1.807, 2.05) is 0 Å². The van der Waals surface area contributed by atoms with E-state index in [0.717, 1.165) is 22.3 Å². The average Bonchev–Trinajstić information content (AvgIpc) is 3.02. The average molecular weight is 350 g/mol. The standard InChI is InChI=1S/C17H13F3N2OS/c18-17(19,20)13-3-1-2-11(8-13)6-7-21-16(23)12-4-5-14-15(9-12)24-10-22-14/h1-5,8-10H,6-7H2,(H,21,23). The van der Waals surface area contributed by atoms with Crippen molar-refractivity contribution in [2.75, 3.05) is 6.54 Å². The molecule has 2 aromatic carbocycles. The van der Waals surface area contributed by atoms with E-state index in [-0.39, 0.29) is 12.5 Å². The minimum atomic E-state index is -4.36. The quantitative estimate of drug-likeness (QED) is 0.763. The summed E-state index contributed by atoms with van der Waals surface area (Å²) in [5.74, 6) is -0.253. The highest BCUT2D eigenvalue weighted by molar-refractivity contribution is 7.16. The van der Waals surface area contributed by atoms with E-state index in [0.29, 0.717) is 17.5 Å². The van der Waals surface area contributed by atoms with Crippen LogP contribution in [0, 0.1) is 0 Å². The molecule has 124 valence electrons. The summed E-state index contributed by atoms with van der Waals surface area (Å²) in [5.41, 5.74) is 2.90. The Hall–Kier alpha value is -2.41. The lowest BCUT2D eigenvalue weighted by molar-refractivity contribution is -0.137. The highest BCUT2D eigenvalue weighted by atomic mass is 32.1. The van der Waals surface area contributed by atoms with Crippen molar-refractivity contribution >= 4 is 27.5 Å². The maximum absolute atomic E-state index is 12.7. The Morgan fingerprint density at radius 1 is 1.17 bits per heavy atom. The Balaban J connectivity index is 1.60. The van der Waals surface area contributed by atoms with E-state index in [4.69, 9.17) is 0 Å². The zero-order valence-electron chi connectivity index (χ0n) is 12.4. The number of carbonyl (C=O) groups excluding carboxylic acids is 1. The molecule has 1 amide bonds. The van der Waals surface area contributed by atoms with Crippen LogP contribution in [0.3, 0.4) is 0 Å². The van der Waals surface area contributed by atoms with Gasteiger partial charge in [-0.15, -0.1) is 11.3 Å². The minimum absolute atomic E-state index is 0.253. The predicted octanol–water partition coefficient (Wildman–Crippen LogP) is 4.29. The van der Waals surface area contributed by atoms with E-state index in [9.17, 15) is 18.0 Å². The molecule has 0 saturated carbocycles. The SMILES string of the molecule is O=C(NCCc1cccc(C(F)(F)F)c1)c1ccc2ncsc2c1. The lowest BCUT2D eigenvalue weighted by Crippen LogP contribution is -2.25. The number of rotatable bonds is 4. The summed E-state index contributed by atoms with van der Waals surface area (Å²) < 4.78 is 38.9. The number of hydrogen-bond donors (Lipinski definition) is 1. The maximum Gasteiger partial charge on any atom is 0.416 e. The lowest BCUT2D eigenvalue weighted by atomic mass is 10.1. The first kappa shape index (κ1) is 16.4. The molecule has 7 heteroatoms. The second-order valence-electron chi connectivity index (χ2n) is 5.24. The lowest BCUT2D eigenvalue weighted by Gasteiger charge is -2.09. The normalized spacial score (nSPS) is 11.6. The molecule has 1 aromatic heterocycles. The summed E-state index contributed by atoms with van der Waals surface area (Å²) >= 11 is 1.45. The summed E-state index contributed by atoms with van der Waals surface area (Å²) in [6, 6.07) is 10.3. The molecule has 0 spiro atoms. The molecule has 0 aliphatic heterocycles. The molecule has 0 aliphatic carbocycles.